The number of amides is 1. The maximum absolute atomic E-state index is 16.5. The van der Waals surface area contributed by atoms with Crippen molar-refractivity contribution >= 4 is 22.8 Å². The molecule has 1 amide bonds. The molecular weight excluding hydrogens is 614 g/mol. The first-order chi connectivity index (χ1) is 23.0. The molecule has 7 rings (SSSR count). The van der Waals surface area contributed by atoms with Crippen molar-refractivity contribution in [1.29, 1.82) is 0 Å². The number of para-hydroxylation sites is 1. The fraction of sp³-hybridized carbons (Fsp3) is 0.333. The highest BCUT2D eigenvalue weighted by molar-refractivity contribution is 5.91. The zero-order chi connectivity index (χ0) is 33.9. The number of piperazine rings is 1. The topological polar surface area (TPSA) is 102 Å². The van der Waals surface area contributed by atoms with E-state index in [2.05, 4.69) is 21.9 Å². The van der Waals surface area contributed by atoms with E-state index in [4.69, 9.17) is 4.98 Å². The van der Waals surface area contributed by atoms with Crippen molar-refractivity contribution in [2.45, 2.75) is 65.1 Å². The van der Waals surface area contributed by atoms with E-state index in [0.717, 1.165) is 16.8 Å². The van der Waals surface area contributed by atoms with Crippen molar-refractivity contribution in [3.05, 3.63) is 106 Å². The van der Waals surface area contributed by atoms with E-state index >= 15 is 8.78 Å². The summed E-state index contributed by atoms with van der Waals surface area (Å²) in [7, 11) is 0. The van der Waals surface area contributed by atoms with Crippen molar-refractivity contribution < 1.29 is 13.6 Å². The third-order valence-electron chi connectivity index (χ3n) is 9.42. The number of anilines is 1. The summed E-state index contributed by atoms with van der Waals surface area (Å²) in [6, 6.07) is 11.2. The highest BCUT2D eigenvalue weighted by atomic mass is 19.1. The molecule has 246 valence electrons. The number of benzene rings is 2. The van der Waals surface area contributed by atoms with E-state index in [9.17, 15) is 9.59 Å². The Morgan fingerprint density at radius 2 is 1.77 bits per heavy atom. The molecule has 0 spiro atoms. The van der Waals surface area contributed by atoms with Crippen LogP contribution in [-0.2, 0) is 24.2 Å². The standard InChI is InChI=1S/C36H36F2N8O2/c1-6-30(47)44-16-22(5)45(17-21(44)4)34-27-15-29(38)32-31-24(10-8-12-28(31)37)18-43-19-25(41-42-43)14-13-23-9-7-11-26(20(2)3)33(23)46(35(27)39-32)36(48)40-34/h6-12,15,19-22H,1,13-14,16-18H2,2-5H3/t21-,22+/m1/s1. The zero-order valence-corrected chi connectivity index (χ0v) is 27.3. The summed E-state index contributed by atoms with van der Waals surface area (Å²) in [6.07, 6.45) is 4.17. The van der Waals surface area contributed by atoms with Crippen molar-refractivity contribution in [2.75, 3.05) is 18.0 Å². The molecule has 1 fully saturated rings. The van der Waals surface area contributed by atoms with Crippen molar-refractivity contribution in [3.8, 4) is 16.9 Å². The van der Waals surface area contributed by atoms with Crippen LogP contribution in [0.1, 0.15) is 56.0 Å². The number of nitrogens with zero attached hydrogens (tertiary/aromatic N) is 8. The molecule has 2 aromatic carbocycles. The lowest BCUT2D eigenvalue weighted by molar-refractivity contribution is -0.128. The van der Waals surface area contributed by atoms with Gasteiger partial charge in [-0.15, -0.1) is 5.10 Å². The average Bonchev–Trinajstić information content (AvgIpc) is 3.51. The molecule has 0 N–H and O–H groups in total. The first-order valence-corrected chi connectivity index (χ1v) is 16.2. The molecule has 48 heavy (non-hydrogen) atoms. The highest BCUT2D eigenvalue weighted by Crippen LogP contribution is 2.36. The van der Waals surface area contributed by atoms with Gasteiger partial charge in [0, 0.05) is 36.9 Å². The number of hydrogen-bond acceptors (Lipinski definition) is 7. The van der Waals surface area contributed by atoms with Crippen LogP contribution in [-0.4, -0.2) is 65.5 Å². The number of carbonyl (C=O) groups is 1. The lowest BCUT2D eigenvalue weighted by Gasteiger charge is -2.44. The summed E-state index contributed by atoms with van der Waals surface area (Å²) in [5.74, 6) is -1.32. The molecule has 1 saturated heterocycles. The number of fused-ring (bicyclic) bond motifs is 7. The predicted molar refractivity (Wildman–Crippen MR) is 179 cm³/mol. The van der Waals surface area contributed by atoms with Crippen molar-refractivity contribution in [1.82, 2.24) is 34.4 Å². The van der Waals surface area contributed by atoms with Crippen LogP contribution in [0.4, 0.5) is 14.6 Å². The summed E-state index contributed by atoms with van der Waals surface area (Å²) < 4.78 is 35.4. The SMILES string of the molecule is C=CC(=O)N1C[C@H](C)N(c2nc(=O)n3c4nc(c(F)cc24)-c2c(F)cccc2Cn2cc(nn2)CCc2cccc(C(C)C)c2-3)C[C@H]1C. The second kappa shape index (κ2) is 12.1. The van der Waals surface area contributed by atoms with Gasteiger partial charge >= 0.3 is 5.69 Å². The van der Waals surface area contributed by atoms with Crippen LogP contribution in [0.2, 0.25) is 0 Å². The Kier molecular flexibility index (Phi) is 7.89. The van der Waals surface area contributed by atoms with Crippen LogP contribution >= 0.6 is 0 Å². The minimum atomic E-state index is -0.757. The molecule has 5 heterocycles. The zero-order valence-electron chi connectivity index (χ0n) is 27.3. The molecule has 2 aliphatic rings. The molecule has 10 nitrogen and oxygen atoms in total. The largest absolute Gasteiger partial charge is 0.355 e. The predicted octanol–water partition coefficient (Wildman–Crippen LogP) is 5.20. The third kappa shape index (κ3) is 5.25. The van der Waals surface area contributed by atoms with Crippen LogP contribution < -0.4 is 10.6 Å². The number of carbonyl (C=O) groups excluding carboxylic acids is 1. The van der Waals surface area contributed by atoms with Gasteiger partial charge in [-0.25, -0.2) is 27.8 Å². The van der Waals surface area contributed by atoms with Crippen molar-refractivity contribution in [3.63, 3.8) is 0 Å². The van der Waals surface area contributed by atoms with Gasteiger partial charge < -0.3 is 9.80 Å². The van der Waals surface area contributed by atoms with Gasteiger partial charge in [-0.3, -0.25) is 4.79 Å². The first kappa shape index (κ1) is 31.3. The molecular formula is C36H36F2N8O2. The molecule has 12 heteroatoms. The number of aromatic nitrogens is 6. The van der Waals surface area contributed by atoms with E-state index in [1.165, 1.54) is 22.8 Å². The molecule has 0 radical (unpaired) electrons. The quantitative estimate of drug-likeness (QED) is 0.248. The van der Waals surface area contributed by atoms with E-state index in [-0.39, 0.29) is 53.2 Å². The summed E-state index contributed by atoms with van der Waals surface area (Å²) in [5, 5.41) is 8.92. The number of hydrogen-bond donors (Lipinski definition) is 0. The Balaban J connectivity index is 1.56. The third-order valence-corrected chi connectivity index (χ3v) is 9.42. The van der Waals surface area contributed by atoms with Gasteiger partial charge in [0.1, 0.15) is 23.1 Å². The lowest BCUT2D eigenvalue weighted by atomic mass is 9.95. The van der Waals surface area contributed by atoms with E-state index < -0.39 is 17.3 Å². The van der Waals surface area contributed by atoms with Crippen LogP contribution in [0.25, 0.3) is 28.0 Å². The monoisotopic (exact) mass is 650 g/mol. The Morgan fingerprint density at radius 1 is 1.00 bits per heavy atom. The van der Waals surface area contributed by atoms with Crippen LogP contribution in [0, 0.1) is 11.6 Å². The molecule has 0 aliphatic carbocycles. The minimum Gasteiger partial charge on any atom is -0.349 e. The molecule has 3 aromatic heterocycles. The van der Waals surface area contributed by atoms with Crippen molar-refractivity contribution in [2.24, 2.45) is 0 Å². The Hall–Kier alpha value is -5.26. The number of halogens is 2. The Morgan fingerprint density at radius 3 is 2.54 bits per heavy atom. The van der Waals surface area contributed by atoms with Crippen LogP contribution in [0.15, 0.2) is 66.1 Å². The Labute approximate surface area is 276 Å². The maximum Gasteiger partial charge on any atom is 0.355 e. The fourth-order valence-electron chi connectivity index (χ4n) is 7.03. The van der Waals surface area contributed by atoms with Crippen LogP contribution in [0.3, 0.4) is 0 Å². The van der Waals surface area contributed by atoms with Gasteiger partial charge in [0.05, 0.1) is 23.3 Å². The second-order valence-electron chi connectivity index (χ2n) is 13.0. The van der Waals surface area contributed by atoms with Gasteiger partial charge in [-0.1, -0.05) is 56.0 Å². The summed E-state index contributed by atoms with van der Waals surface area (Å²) in [4.78, 5) is 40.1. The van der Waals surface area contributed by atoms with E-state index in [0.29, 0.717) is 42.6 Å². The molecule has 4 bridgehead atoms. The molecule has 5 aromatic rings. The van der Waals surface area contributed by atoms with Gasteiger partial charge in [0.25, 0.3) is 0 Å². The van der Waals surface area contributed by atoms with E-state index in [1.54, 1.807) is 27.9 Å². The van der Waals surface area contributed by atoms with Crippen LogP contribution in [0.5, 0.6) is 0 Å². The summed E-state index contributed by atoms with van der Waals surface area (Å²) in [5.41, 5.74) is 2.92. The van der Waals surface area contributed by atoms with Gasteiger partial charge in [-0.2, -0.15) is 4.98 Å². The maximum atomic E-state index is 16.5. The van der Waals surface area contributed by atoms with Gasteiger partial charge in [0.15, 0.2) is 5.65 Å². The smallest absolute Gasteiger partial charge is 0.349 e. The second-order valence-corrected chi connectivity index (χ2v) is 13.0. The minimum absolute atomic E-state index is 0.00997. The normalized spacial score (nSPS) is 17.7. The molecule has 2 aliphatic heterocycles. The molecule has 2 atom stereocenters. The number of pyridine rings is 1. The average molecular weight is 651 g/mol. The molecule has 0 unspecified atom stereocenters. The molecule has 0 saturated carbocycles. The highest BCUT2D eigenvalue weighted by Gasteiger charge is 2.34. The summed E-state index contributed by atoms with van der Waals surface area (Å²) >= 11 is 0. The number of aryl methyl sites for hydroxylation is 2. The number of rotatable bonds is 3. The fourth-order valence-corrected chi connectivity index (χ4v) is 7.03. The lowest BCUT2D eigenvalue weighted by Crippen LogP contribution is -2.58. The summed E-state index contributed by atoms with van der Waals surface area (Å²) in [6.45, 7) is 12.4. The first-order valence-electron chi connectivity index (χ1n) is 16.2. The van der Waals surface area contributed by atoms with Gasteiger partial charge in [-0.05, 0) is 67.5 Å². The Bertz CT molecular complexity index is 2160. The van der Waals surface area contributed by atoms with E-state index in [1.807, 2.05) is 50.8 Å². The van der Waals surface area contributed by atoms with Gasteiger partial charge in [0.2, 0.25) is 5.91 Å².